The molecule has 0 aromatic carbocycles. The Kier molecular flexibility index (Phi) is 37.5. The Morgan fingerprint density at radius 1 is 0.260 bits per heavy atom. The summed E-state index contributed by atoms with van der Waals surface area (Å²) in [4.78, 5) is 5.47. The van der Waals surface area contributed by atoms with Crippen LogP contribution in [0.5, 0.6) is 0 Å². The first-order valence-electron chi connectivity index (χ1n) is 24.0. The molecule has 0 aliphatic carbocycles. The molecule has 0 fully saturated rings. The van der Waals surface area contributed by atoms with Crippen LogP contribution in [0.15, 0.2) is 12.4 Å². The number of hydrogen-bond donors (Lipinski definition) is 0. The van der Waals surface area contributed by atoms with Gasteiger partial charge in [-0.05, 0) is 25.7 Å². The second-order valence-corrected chi connectivity index (χ2v) is 16.8. The zero-order valence-corrected chi connectivity index (χ0v) is 35.3. The van der Waals surface area contributed by atoms with Gasteiger partial charge in [-0.1, -0.05) is 252 Å². The summed E-state index contributed by atoms with van der Waals surface area (Å²) in [6, 6.07) is 0. The van der Waals surface area contributed by atoms with E-state index in [-0.39, 0.29) is 0 Å². The smallest absolute Gasteiger partial charge is 0.101 e. The molecule has 1 aliphatic rings. The van der Waals surface area contributed by atoms with Crippen molar-refractivity contribution in [3.63, 3.8) is 0 Å². The third kappa shape index (κ3) is 30.9. The fourth-order valence-corrected chi connectivity index (χ4v) is 8.31. The largest absolute Gasteiger partial charge is 0.356 e. The van der Waals surface area contributed by atoms with Crippen LogP contribution < -0.4 is 0 Å². The predicted octanol–water partition coefficient (Wildman–Crippen LogP) is 17.1. The fraction of sp³-hybridized carbons (Fsp3) is 0.958. The number of unbranched alkanes of at least 4 members (excludes halogenated alkanes) is 36. The molecule has 298 valence electrons. The standard InChI is InChI=1S/C48H96N2/c1-4-7-10-13-16-19-21-23-25-26-28-30-33-36-39-42-45-50-47-46-49(48(50)43-40-37-34-31-18-15-12-9-6-3)44-41-38-35-32-29-27-24-22-20-17-14-11-8-5-2/h46-48H,4-45H2,1-3H3. The SMILES string of the molecule is CCCCCCCCCCCCCCCCCCN1C=CN(CCCCCCCCCCCCCCCC)C1CCCCCCCCCCC. The third-order valence-electron chi connectivity index (χ3n) is 11.8. The van der Waals surface area contributed by atoms with Crippen LogP contribution in [0.25, 0.3) is 0 Å². The summed E-state index contributed by atoms with van der Waals surface area (Å²) >= 11 is 0. The molecule has 0 amide bonds. The van der Waals surface area contributed by atoms with Crippen LogP contribution in [0, 0.1) is 0 Å². The minimum Gasteiger partial charge on any atom is -0.356 e. The maximum atomic E-state index is 2.73. The van der Waals surface area contributed by atoms with E-state index in [1.54, 1.807) is 0 Å². The molecule has 1 unspecified atom stereocenters. The number of hydrogen-bond acceptors (Lipinski definition) is 2. The Morgan fingerprint density at radius 3 is 0.700 bits per heavy atom. The summed E-state index contributed by atoms with van der Waals surface area (Å²) in [5, 5.41) is 0. The summed E-state index contributed by atoms with van der Waals surface area (Å²) in [6.07, 6.45) is 63.4. The van der Waals surface area contributed by atoms with Crippen molar-refractivity contribution >= 4 is 0 Å². The van der Waals surface area contributed by atoms with Gasteiger partial charge in [0.05, 0.1) is 0 Å². The Balaban J connectivity index is 2.16. The van der Waals surface area contributed by atoms with Gasteiger partial charge in [-0.2, -0.15) is 0 Å². The first-order valence-corrected chi connectivity index (χ1v) is 24.0. The van der Waals surface area contributed by atoms with E-state index < -0.39 is 0 Å². The molecule has 0 saturated carbocycles. The van der Waals surface area contributed by atoms with Gasteiger partial charge in [0.25, 0.3) is 0 Å². The molecule has 1 rings (SSSR count). The van der Waals surface area contributed by atoms with Crippen molar-refractivity contribution in [1.82, 2.24) is 9.80 Å². The van der Waals surface area contributed by atoms with Crippen molar-refractivity contribution in [1.29, 1.82) is 0 Å². The Bertz CT molecular complexity index is 659. The Labute approximate surface area is 318 Å². The van der Waals surface area contributed by atoms with Crippen LogP contribution in [0.4, 0.5) is 0 Å². The highest BCUT2D eigenvalue weighted by Crippen LogP contribution is 2.24. The molecule has 0 saturated heterocycles. The third-order valence-corrected chi connectivity index (χ3v) is 11.8. The molecule has 0 aromatic heterocycles. The predicted molar refractivity (Wildman–Crippen MR) is 228 cm³/mol. The summed E-state index contributed by atoms with van der Waals surface area (Å²) < 4.78 is 0. The lowest BCUT2D eigenvalue weighted by Crippen LogP contribution is -2.39. The van der Waals surface area contributed by atoms with Crippen molar-refractivity contribution < 1.29 is 0 Å². The molecule has 1 atom stereocenters. The summed E-state index contributed by atoms with van der Waals surface area (Å²) in [5.74, 6) is 0. The minimum absolute atomic E-state index is 0.637. The number of nitrogens with zero attached hydrogens (tertiary/aromatic N) is 2. The number of rotatable bonds is 42. The Morgan fingerprint density at radius 2 is 0.460 bits per heavy atom. The molecule has 2 nitrogen and oxygen atoms in total. The second kappa shape index (κ2) is 39.5. The minimum atomic E-state index is 0.637. The average molecular weight is 701 g/mol. The van der Waals surface area contributed by atoms with Gasteiger partial charge in [0, 0.05) is 25.5 Å². The molecule has 0 N–H and O–H groups in total. The van der Waals surface area contributed by atoms with Crippen molar-refractivity contribution in [2.75, 3.05) is 13.1 Å². The summed E-state index contributed by atoms with van der Waals surface area (Å²) in [7, 11) is 0. The van der Waals surface area contributed by atoms with E-state index in [9.17, 15) is 0 Å². The lowest BCUT2D eigenvalue weighted by atomic mass is 10.0. The quantitative estimate of drug-likeness (QED) is 0.0585. The van der Waals surface area contributed by atoms with Crippen molar-refractivity contribution in [2.45, 2.75) is 284 Å². The highest BCUT2D eigenvalue weighted by Gasteiger charge is 2.24. The lowest BCUT2D eigenvalue weighted by Gasteiger charge is -2.33. The van der Waals surface area contributed by atoms with Crippen molar-refractivity contribution in [2.24, 2.45) is 0 Å². The molecule has 0 spiro atoms. The van der Waals surface area contributed by atoms with Gasteiger partial charge < -0.3 is 9.80 Å². The molecule has 1 aliphatic heterocycles. The molecular formula is C48H96N2. The average Bonchev–Trinajstić information content (AvgIpc) is 3.51. The highest BCUT2D eigenvalue weighted by molar-refractivity contribution is 4.97. The fourth-order valence-electron chi connectivity index (χ4n) is 8.31. The summed E-state index contributed by atoms with van der Waals surface area (Å²) in [5.41, 5.74) is 0. The van der Waals surface area contributed by atoms with Gasteiger partial charge >= 0.3 is 0 Å². The van der Waals surface area contributed by atoms with Crippen LogP contribution in [0.3, 0.4) is 0 Å². The van der Waals surface area contributed by atoms with Gasteiger partial charge in [0.1, 0.15) is 6.17 Å². The van der Waals surface area contributed by atoms with E-state index in [2.05, 4.69) is 43.0 Å². The molecule has 0 radical (unpaired) electrons. The molecule has 0 bridgehead atoms. The van der Waals surface area contributed by atoms with E-state index in [1.165, 1.54) is 270 Å². The van der Waals surface area contributed by atoms with Gasteiger partial charge in [0.2, 0.25) is 0 Å². The maximum Gasteiger partial charge on any atom is 0.101 e. The van der Waals surface area contributed by atoms with Gasteiger partial charge in [0.15, 0.2) is 0 Å². The van der Waals surface area contributed by atoms with Gasteiger partial charge in [-0.15, -0.1) is 0 Å². The van der Waals surface area contributed by atoms with E-state index in [1.807, 2.05) is 0 Å². The zero-order valence-electron chi connectivity index (χ0n) is 35.3. The van der Waals surface area contributed by atoms with Crippen LogP contribution >= 0.6 is 0 Å². The van der Waals surface area contributed by atoms with Crippen LogP contribution in [-0.4, -0.2) is 29.1 Å². The molecular weight excluding hydrogens is 605 g/mol. The van der Waals surface area contributed by atoms with E-state index in [4.69, 9.17) is 0 Å². The molecule has 50 heavy (non-hydrogen) atoms. The molecule has 1 heterocycles. The molecule has 2 heteroatoms. The van der Waals surface area contributed by atoms with Crippen LogP contribution in [0.1, 0.15) is 278 Å². The highest BCUT2D eigenvalue weighted by atomic mass is 15.4. The van der Waals surface area contributed by atoms with Gasteiger partial charge in [-0.25, -0.2) is 0 Å². The van der Waals surface area contributed by atoms with Crippen LogP contribution in [0.2, 0.25) is 0 Å². The monoisotopic (exact) mass is 701 g/mol. The maximum absolute atomic E-state index is 2.73. The first-order chi connectivity index (χ1) is 24.8. The molecule has 0 aromatic rings. The van der Waals surface area contributed by atoms with E-state index in [0.29, 0.717) is 6.17 Å². The normalized spacial score (nSPS) is 14.5. The van der Waals surface area contributed by atoms with Crippen molar-refractivity contribution in [3.05, 3.63) is 12.4 Å². The zero-order chi connectivity index (χ0) is 35.8. The van der Waals surface area contributed by atoms with E-state index in [0.717, 1.165) is 0 Å². The van der Waals surface area contributed by atoms with Crippen molar-refractivity contribution in [3.8, 4) is 0 Å². The second-order valence-electron chi connectivity index (χ2n) is 16.8. The van der Waals surface area contributed by atoms with Gasteiger partial charge in [-0.3, -0.25) is 0 Å². The lowest BCUT2D eigenvalue weighted by molar-refractivity contribution is 0.135. The topological polar surface area (TPSA) is 6.48 Å². The first kappa shape index (κ1) is 47.4. The summed E-state index contributed by atoms with van der Waals surface area (Å²) in [6.45, 7) is 9.49. The Hall–Kier alpha value is -0.660. The van der Waals surface area contributed by atoms with E-state index >= 15 is 0 Å². The van der Waals surface area contributed by atoms with Crippen LogP contribution in [-0.2, 0) is 0 Å².